The lowest BCUT2D eigenvalue weighted by molar-refractivity contribution is -0.132. The molecule has 9 heteroatoms. The molecule has 2 heterocycles. The fourth-order valence-electron chi connectivity index (χ4n) is 3.96. The molecule has 34 heavy (non-hydrogen) atoms. The van der Waals surface area contributed by atoms with Crippen LogP contribution >= 0.6 is 11.3 Å². The van der Waals surface area contributed by atoms with Gasteiger partial charge in [0, 0.05) is 11.8 Å². The zero-order chi connectivity index (χ0) is 24.0. The van der Waals surface area contributed by atoms with Gasteiger partial charge in [0.2, 0.25) is 0 Å². The summed E-state index contributed by atoms with van der Waals surface area (Å²) < 4.78 is 24.5. The number of nitrogens with zero attached hydrogens (tertiary/aromatic N) is 2. The summed E-state index contributed by atoms with van der Waals surface area (Å²) in [5.74, 6) is -1.89. The summed E-state index contributed by atoms with van der Waals surface area (Å²) in [5, 5.41) is 11.3. The molecule has 0 spiro atoms. The second kappa shape index (κ2) is 8.19. The standard InChI is InChI=1S/C25H18N2O5S2/c1-34(31,32)17-12-13-18-19(14-17)33-25(26-18)27-21(15-8-4-2-5-9-15)20(23(29)24(27)30)22(28)16-10-6-3-7-11-16/h2-14,21,28H,1H3/b22-20+. The first kappa shape index (κ1) is 22.0. The molecule has 1 aliphatic heterocycles. The van der Waals surface area contributed by atoms with Gasteiger partial charge in [0.25, 0.3) is 5.78 Å². The molecular weight excluding hydrogens is 472 g/mol. The fourth-order valence-corrected chi connectivity index (χ4v) is 5.71. The van der Waals surface area contributed by atoms with E-state index in [1.54, 1.807) is 60.7 Å². The fraction of sp³-hybridized carbons (Fsp3) is 0.0800. The number of fused-ring (bicyclic) bond motifs is 1. The average Bonchev–Trinajstić information content (AvgIpc) is 3.37. The Morgan fingerprint density at radius 3 is 2.26 bits per heavy atom. The van der Waals surface area contributed by atoms with E-state index in [1.807, 2.05) is 6.07 Å². The van der Waals surface area contributed by atoms with Crippen molar-refractivity contribution in [1.82, 2.24) is 4.98 Å². The number of hydrogen-bond donors (Lipinski definition) is 1. The van der Waals surface area contributed by atoms with Crippen molar-refractivity contribution < 1.29 is 23.1 Å². The Bertz CT molecular complexity index is 1580. The maximum absolute atomic E-state index is 13.2. The molecule has 1 saturated heterocycles. The zero-order valence-electron chi connectivity index (χ0n) is 17.9. The SMILES string of the molecule is CS(=O)(=O)c1ccc2nc(N3C(=O)C(=O)/C(=C(/O)c4ccccc4)C3c3ccccc3)sc2c1. The maximum Gasteiger partial charge on any atom is 0.301 e. The van der Waals surface area contributed by atoms with Crippen LogP contribution < -0.4 is 4.90 Å². The smallest absolute Gasteiger partial charge is 0.301 e. The summed E-state index contributed by atoms with van der Waals surface area (Å²) in [4.78, 5) is 32.3. The number of thiazole rings is 1. The Hall–Kier alpha value is -3.82. The summed E-state index contributed by atoms with van der Waals surface area (Å²) in [5.41, 5.74) is 1.53. The van der Waals surface area contributed by atoms with Gasteiger partial charge < -0.3 is 5.11 Å². The average molecular weight is 491 g/mol. The number of Topliss-reactive ketones (excluding diaryl/α,β-unsaturated/α-hetero) is 1. The number of amides is 1. The van der Waals surface area contributed by atoms with Gasteiger partial charge >= 0.3 is 5.91 Å². The molecule has 0 saturated carbocycles. The summed E-state index contributed by atoms with van der Waals surface area (Å²) in [6.07, 6.45) is 1.12. The molecule has 1 fully saturated rings. The molecule has 1 amide bonds. The van der Waals surface area contributed by atoms with Crippen LogP contribution in [0.4, 0.5) is 5.13 Å². The Balaban J connectivity index is 1.71. The van der Waals surface area contributed by atoms with Crippen molar-refractivity contribution in [1.29, 1.82) is 0 Å². The van der Waals surface area contributed by atoms with Crippen molar-refractivity contribution in [3.05, 3.63) is 95.6 Å². The number of hydrogen-bond acceptors (Lipinski definition) is 7. The topological polar surface area (TPSA) is 105 Å². The summed E-state index contributed by atoms with van der Waals surface area (Å²) in [6.45, 7) is 0. The number of aliphatic hydroxyl groups is 1. The lowest BCUT2D eigenvalue weighted by Gasteiger charge is -2.22. The quantitative estimate of drug-likeness (QED) is 0.259. The van der Waals surface area contributed by atoms with E-state index in [2.05, 4.69) is 4.98 Å². The van der Waals surface area contributed by atoms with E-state index < -0.39 is 27.6 Å². The van der Waals surface area contributed by atoms with Gasteiger partial charge in [-0.25, -0.2) is 13.4 Å². The number of ketones is 1. The molecule has 7 nitrogen and oxygen atoms in total. The van der Waals surface area contributed by atoms with Gasteiger partial charge in [0.15, 0.2) is 15.0 Å². The van der Waals surface area contributed by atoms with Crippen molar-refractivity contribution in [2.24, 2.45) is 0 Å². The monoisotopic (exact) mass is 490 g/mol. The third-order valence-corrected chi connectivity index (χ3v) is 7.72. The number of carbonyl (C=O) groups excluding carboxylic acids is 2. The molecule has 1 unspecified atom stereocenters. The van der Waals surface area contributed by atoms with Crippen molar-refractivity contribution in [3.8, 4) is 0 Å². The molecule has 1 aromatic heterocycles. The largest absolute Gasteiger partial charge is 0.507 e. The number of carbonyl (C=O) groups is 2. The minimum absolute atomic E-state index is 0.0292. The predicted molar refractivity (Wildman–Crippen MR) is 130 cm³/mol. The Kier molecular flexibility index (Phi) is 5.30. The highest BCUT2D eigenvalue weighted by Gasteiger charge is 2.48. The van der Waals surface area contributed by atoms with Crippen molar-refractivity contribution in [2.45, 2.75) is 10.9 Å². The van der Waals surface area contributed by atoms with Crippen molar-refractivity contribution in [3.63, 3.8) is 0 Å². The zero-order valence-corrected chi connectivity index (χ0v) is 19.5. The van der Waals surface area contributed by atoms with Crippen LogP contribution in [0.15, 0.2) is 89.3 Å². The highest BCUT2D eigenvalue weighted by Crippen LogP contribution is 2.44. The van der Waals surface area contributed by atoms with Gasteiger partial charge in [-0.05, 0) is 23.8 Å². The molecule has 0 radical (unpaired) electrons. The molecule has 1 atom stereocenters. The van der Waals surface area contributed by atoms with Gasteiger partial charge in [-0.3, -0.25) is 14.5 Å². The summed E-state index contributed by atoms with van der Waals surface area (Å²) in [6, 6.07) is 21.2. The molecule has 5 rings (SSSR count). The Morgan fingerprint density at radius 1 is 0.971 bits per heavy atom. The Labute approximate surface area is 199 Å². The molecule has 0 bridgehead atoms. The summed E-state index contributed by atoms with van der Waals surface area (Å²) in [7, 11) is -3.42. The third-order valence-electron chi connectivity index (χ3n) is 5.59. The van der Waals surface area contributed by atoms with Crippen LogP contribution in [-0.4, -0.2) is 36.5 Å². The number of benzene rings is 3. The second-order valence-corrected chi connectivity index (χ2v) is 10.9. The van der Waals surface area contributed by atoms with Crippen LogP contribution in [0, 0.1) is 0 Å². The highest BCUT2D eigenvalue weighted by molar-refractivity contribution is 7.90. The van der Waals surface area contributed by atoms with Gasteiger partial charge in [0.1, 0.15) is 5.76 Å². The minimum Gasteiger partial charge on any atom is -0.507 e. The van der Waals surface area contributed by atoms with E-state index in [-0.39, 0.29) is 21.4 Å². The van der Waals surface area contributed by atoms with E-state index in [9.17, 15) is 23.1 Å². The minimum atomic E-state index is -3.42. The number of aliphatic hydroxyl groups excluding tert-OH is 1. The maximum atomic E-state index is 13.2. The molecule has 170 valence electrons. The van der Waals surface area contributed by atoms with Crippen LogP contribution in [0.25, 0.3) is 16.0 Å². The lowest BCUT2D eigenvalue weighted by Crippen LogP contribution is -2.29. The molecule has 1 N–H and O–H groups in total. The highest BCUT2D eigenvalue weighted by atomic mass is 32.2. The van der Waals surface area contributed by atoms with Crippen LogP contribution in [0.5, 0.6) is 0 Å². The van der Waals surface area contributed by atoms with Crippen LogP contribution in [0.3, 0.4) is 0 Å². The number of rotatable bonds is 4. The Morgan fingerprint density at radius 2 is 1.62 bits per heavy atom. The first-order valence-corrected chi connectivity index (χ1v) is 13.0. The lowest BCUT2D eigenvalue weighted by atomic mass is 9.95. The number of anilines is 1. The number of aromatic nitrogens is 1. The van der Waals surface area contributed by atoms with E-state index >= 15 is 0 Å². The predicted octanol–water partition coefficient (Wildman–Crippen LogP) is 4.33. The van der Waals surface area contributed by atoms with E-state index in [0.29, 0.717) is 21.3 Å². The molecule has 4 aromatic rings. The van der Waals surface area contributed by atoms with Crippen LogP contribution in [0.1, 0.15) is 17.2 Å². The van der Waals surface area contributed by atoms with Gasteiger partial charge in [0.05, 0.1) is 26.7 Å². The second-order valence-electron chi connectivity index (χ2n) is 7.84. The van der Waals surface area contributed by atoms with Gasteiger partial charge in [-0.1, -0.05) is 72.0 Å². The first-order chi connectivity index (χ1) is 16.3. The number of sulfone groups is 1. The van der Waals surface area contributed by atoms with Gasteiger partial charge in [-0.2, -0.15) is 0 Å². The molecule has 0 aliphatic carbocycles. The van der Waals surface area contributed by atoms with Crippen LogP contribution in [-0.2, 0) is 19.4 Å². The van der Waals surface area contributed by atoms with E-state index in [1.165, 1.54) is 17.0 Å². The van der Waals surface area contributed by atoms with Gasteiger partial charge in [-0.15, -0.1) is 0 Å². The van der Waals surface area contributed by atoms with E-state index in [0.717, 1.165) is 17.6 Å². The molecular formula is C25H18N2O5S2. The van der Waals surface area contributed by atoms with E-state index in [4.69, 9.17) is 0 Å². The molecule has 1 aliphatic rings. The van der Waals surface area contributed by atoms with Crippen molar-refractivity contribution in [2.75, 3.05) is 11.2 Å². The normalized spacial score (nSPS) is 18.0. The van der Waals surface area contributed by atoms with Crippen molar-refractivity contribution >= 4 is 54.0 Å². The summed E-state index contributed by atoms with van der Waals surface area (Å²) >= 11 is 1.11. The first-order valence-electron chi connectivity index (χ1n) is 10.3. The van der Waals surface area contributed by atoms with Crippen LogP contribution in [0.2, 0.25) is 0 Å². The third kappa shape index (κ3) is 3.68. The molecule has 3 aromatic carbocycles.